The van der Waals surface area contributed by atoms with E-state index in [9.17, 15) is 9.59 Å². The summed E-state index contributed by atoms with van der Waals surface area (Å²) in [7, 11) is 3.11. The molecule has 0 saturated carbocycles. The minimum absolute atomic E-state index is 0.169. The number of carbonyl (C=O) groups is 2. The zero-order chi connectivity index (χ0) is 25.5. The van der Waals surface area contributed by atoms with E-state index in [1.54, 1.807) is 25.3 Å². The van der Waals surface area contributed by atoms with Gasteiger partial charge in [-0.1, -0.05) is 24.3 Å². The van der Waals surface area contributed by atoms with Crippen LogP contribution in [-0.4, -0.2) is 57.2 Å². The Morgan fingerprint density at radius 1 is 0.861 bits per heavy atom. The van der Waals surface area contributed by atoms with E-state index in [2.05, 4.69) is 15.5 Å². The molecule has 3 amide bonds. The van der Waals surface area contributed by atoms with Crippen molar-refractivity contribution in [3.05, 3.63) is 77.9 Å². The highest BCUT2D eigenvalue weighted by Crippen LogP contribution is 2.29. The van der Waals surface area contributed by atoms with Crippen molar-refractivity contribution in [1.29, 1.82) is 0 Å². The maximum absolute atomic E-state index is 12.8. The zero-order valence-electron chi connectivity index (χ0n) is 20.9. The molecule has 0 bridgehead atoms. The first kappa shape index (κ1) is 24.9. The molecule has 0 aliphatic carbocycles. The Hall–Kier alpha value is -4.20. The van der Waals surface area contributed by atoms with E-state index < -0.39 is 0 Å². The Morgan fingerprint density at radius 3 is 2.25 bits per heavy atom. The number of hydrogen-bond donors (Lipinski definition) is 2. The average Bonchev–Trinajstić information content (AvgIpc) is 2.90. The van der Waals surface area contributed by atoms with Crippen LogP contribution in [0.4, 0.5) is 21.9 Å². The molecule has 8 nitrogen and oxygen atoms in total. The number of aryl methyl sites for hydroxylation is 1. The van der Waals surface area contributed by atoms with Crippen LogP contribution in [0.5, 0.6) is 11.5 Å². The maximum Gasteiger partial charge on any atom is 0.323 e. The molecule has 3 aromatic rings. The van der Waals surface area contributed by atoms with Crippen molar-refractivity contribution >= 4 is 29.0 Å². The number of ether oxygens (including phenoxy) is 2. The molecule has 0 aromatic heterocycles. The van der Waals surface area contributed by atoms with E-state index in [4.69, 9.17) is 9.47 Å². The minimum atomic E-state index is -0.369. The van der Waals surface area contributed by atoms with Crippen LogP contribution in [0.25, 0.3) is 0 Å². The third-order valence-corrected chi connectivity index (χ3v) is 6.38. The molecule has 1 aliphatic rings. The number of nitrogens with one attached hydrogen (secondary N) is 2. The van der Waals surface area contributed by atoms with Gasteiger partial charge >= 0.3 is 6.03 Å². The van der Waals surface area contributed by atoms with Gasteiger partial charge in [0.15, 0.2) is 0 Å². The van der Waals surface area contributed by atoms with Crippen molar-refractivity contribution in [2.24, 2.45) is 0 Å². The maximum atomic E-state index is 12.8. The van der Waals surface area contributed by atoms with Crippen LogP contribution in [0.2, 0.25) is 0 Å². The lowest BCUT2D eigenvalue weighted by Gasteiger charge is -2.36. The van der Waals surface area contributed by atoms with Crippen LogP contribution in [0.1, 0.15) is 11.1 Å². The molecule has 1 aliphatic heterocycles. The summed E-state index contributed by atoms with van der Waals surface area (Å²) in [4.78, 5) is 29.4. The number of anilines is 3. The summed E-state index contributed by atoms with van der Waals surface area (Å²) in [5, 5.41) is 5.64. The molecule has 2 N–H and O–H groups in total. The van der Waals surface area contributed by atoms with Gasteiger partial charge in [-0.25, -0.2) is 4.79 Å². The van der Waals surface area contributed by atoms with E-state index in [1.807, 2.05) is 60.4 Å². The van der Waals surface area contributed by atoms with Crippen molar-refractivity contribution in [2.45, 2.75) is 13.3 Å². The number of urea groups is 1. The van der Waals surface area contributed by atoms with Crippen LogP contribution in [-0.2, 0) is 11.2 Å². The molecule has 1 heterocycles. The summed E-state index contributed by atoms with van der Waals surface area (Å²) < 4.78 is 10.5. The summed E-state index contributed by atoms with van der Waals surface area (Å²) in [6.45, 7) is 4.96. The van der Waals surface area contributed by atoms with Gasteiger partial charge in [-0.2, -0.15) is 0 Å². The number of carbonyl (C=O) groups excluding carboxylic acids is 2. The lowest BCUT2D eigenvalue weighted by Crippen LogP contribution is -2.49. The number of methoxy groups -OCH3 is 2. The van der Waals surface area contributed by atoms with Crippen molar-refractivity contribution in [2.75, 3.05) is 55.9 Å². The van der Waals surface area contributed by atoms with Crippen molar-refractivity contribution in [3.63, 3.8) is 0 Å². The number of hydrogen-bond acceptors (Lipinski definition) is 5. The first-order valence-corrected chi connectivity index (χ1v) is 11.9. The van der Waals surface area contributed by atoms with Crippen LogP contribution in [0, 0.1) is 6.92 Å². The molecule has 0 radical (unpaired) electrons. The van der Waals surface area contributed by atoms with Crippen LogP contribution >= 0.6 is 0 Å². The summed E-state index contributed by atoms with van der Waals surface area (Å²) in [5.41, 5.74) is 4.51. The molecule has 1 saturated heterocycles. The van der Waals surface area contributed by atoms with Gasteiger partial charge in [-0.3, -0.25) is 4.79 Å². The van der Waals surface area contributed by atoms with E-state index in [-0.39, 0.29) is 11.9 Å². The highest BCUT2D eigenvalue weighted by Gasteiger charge is 2.22. The summed E-state index contributed by atoms with van der Waals surface area (Å²) >= 11 is 0. The van der Waals surface area contributed by atoms with E-state index >= 15 is 0 Å². The van der Waals surface area contributed by atoms with Crippen LogP contribution < -0.4 is 25.0 Å². The topological polar surface area (TPSA) is 83.1 Å². The number of piperazine rings is 1. The predicted molar refractivity (Wildman–Crippen MR) is 142 cm³/mol. The molecule has 0 spiro atoms. The van der Waals surface area contributed by atoms with Gasteiger partial charge in [-0.05, 0) is 54.4 Å². The Bertz CT molecular complexity index is 1200. The van der Waals surface area contributed by atoms with Crippen molar-refractivity contribution in [3.8, 4) is 11.5 Å². The standard InChI is InChI=1S/C28H32N4O4/c1-20-6-4-5-7-21(20)18-27(33)32-16-14-31(15-17-32)23-10-8-22(9-11-23)29-28(34)30-25-13-12-24(35-2)19-26(25)36-3/h4-13,19H,14-18H2,1-3H3,(H2,29,30,34). The van der Waals surface area contributed by atoms with Gasteiger partial charge in [0.1, 0.15) is 11.5 Å². The SMILES string of the molecule is COc1ccc(NC(=O)Nc2ccc(N3CCN(C(=O)Cc4ccccc4C)CC3)cc2)c(OC)c1. The van der Waals surface area contributed by atoms with Crippen LogP contribution in [0.15, 0.2) is 66.7 Å². The summed E-state index contributed by atoms with van der Waals surface area (Å²) in [6, 6.07) is 20.6. The van der Waals surface area contributed by atoms with Crippen molar-refractivity contribution in [1.82, 2.24) is 4.90 Å². The quantitative estimate of drug-likeness (QED) is 0.510. The fourth-order valence-corrected chi connectivity index (χ4v) is 4.24. The van der Waals surface area contributed by atoms with E-state index in [0.717, 1.165) is 29.9 Å². The van der Waals surface area contributed by atoms with E-state index in [0.29, 0.717) is 42.4 Å². The second kappa shape index (κ2) is 11.5. The third kappa shape index (κ3) is 6.07. The first-order chi connectivity index (χ1) is 17.5. The molecule has 188 valence electrons. The first-order valence-electron chi connectivity index (χ1n) is 11.9. The van der Waals surface area contributed by atoms with Gasteiger partial charge < -0.3 is 29.9 Å². The van der Waals surface area contributed by atoms with Gasteiger partial charge in [-0.15, -0.1) is 0 Å². The lowest BCUT2D eigenvalue weighted by atomic mass is 10.1. The molecule has 1 fully saturated rings. The third-order valence-electron chi connectivity index (χ3n) is 6.38. The Morgan fingerprint density at radius 2 is 1.58 bits per heavy atom. The zero-order valence-corrected chi connectivity index (χ0v) is 20.9. The highest BCUT2D eigenvalue weighted by atomic mass is 16.5. The average molecular weight is 489 g/mol. The second-order valence-electron chi connectivity index (χ2n) is 8.66. The normalized spacial score (nSPS) is 13.2. The summed E-state index contributed by atoms with van der Waals surface area (Å²) in [5.74, 6) is 1.32. The predicted octanol–water partition coefficient (Wildman–Crippen LogP) is 4.55. The molecular formula is C28H32N4O4. The molecule has 0 atom stereocenters. The number of rotatable bonds is 7. The Balaban J connectivity index is 1.28. The minimum Gasteiger partial charge on any atom is -0.497 e. The van der Waals surface area contributed by atoms with E-state index in [1.165, 1.54) is 7.11 Å². The van der Waals surface area contributed by atoms with Gasteiger partial charge in [0.25, 0.3) is 0 Å². The van der Waals surface area contributed by atoms with Gasteiger partial charge in [0.2, 0.25) is 5.91 Å². The van der Waals surface area contributed by atoms with Gasteiger partial charge in [0.05, 0.1) is 26.3 Å². The highest BCUT2D eigenvalue weighted by molar-refractivity contribution is 6.00. The molecule has 36 heavy (non-hydrogen) atoms. The summed E-state index contributed by atoms with van der Waals surface area (Å²) in [6.07, 6.45) is 0.442. The second-order valence-corrected chi connectivity index (χ2v) is 8.66. The Labute approximate surface area is 211 Å². The Kier molecular flexibility index (Phi) is 7.95. The number of nitrogens with zero attached hydrogens (tertiary/aromatic N) is 2. The van der Waals surface area contributed by atoms with Crippen LogP contribution in [0.3, 0.4) is 0 Å². The monoisotopic (exact) mass is 488 g/mol. The molecule has 3 aromatic carbocycles. The number of benzene rings is 3. The number of amides is 3. The molecule has 8 heteroatoms. The molecule has 4 rings (SSSR count). The smallest absolute Gasteiger partial charge is 0.323 e. The lowest BCUT2D eigenvalue weighted by molar-refractivity contribution is -0.130. The fourth-order valence-electron chi connectivity index (χ4n) is 4.24. The molecular weight excluding hydrogens is 456 g/mol. The van der Waals surface area contributed by atoms with Gasteiger partial charge in [0, 0.05) is 43.6 Å². The molecule has 0 unspecified atom stereocenters. The van der Waals surface area contributed by atoms with Crippen molar-refractivity contribution < 1.29 is 19.1 Å². The fraction of sp³-hybridized carbons (Fsp3) is 0.286. The largest absolute Gasteiger partial charge is 0.497 e.